The van der Waals surface area contributed by atoms with Gasteiger partial charge in [0.05, 0.1) is 11.8 Å². The Kier molecular flexibility index (Phi) is 7.14. The molecule has 166 valence electrons. The first-order valence-corrected chi connectivity index (χ1v) is 11.4. The van der Waals surface area contributed by atoms with E-state index >= 15 is 0 Å². The van der Waals surface area contributed by atoms with E-state index in [0.717, 1.165) is 36.3 Å². The molecule has 0 aliphatic carbocycles. The second-order valence-corrected chi connectivity index (χ2v) is 8.43. The Morgan fingerprint density at radius 2 is 2.06 bits per heavy atom. The molecule has 2 aromatic carbocycles. The average Bonchev–Trinajstić information content (AvgIpc) is 3.49. The molecular weight excluding hydrogens is 426 g/mol. The molecule has 8 heteroatoms. The average molecular weight is 452 g/mol. The van der Waals surface area contributed by atoms with Crippen molar-refractivity contribution in [2.75, 3.05) is 18.5 Å². The van der Waals surface area contributed by atoms with Gasteiger partial charge in [-0.1, -0.05) is 30.3 Å². The van der Waals surface area contributed by atoms with Crippen molar-refractivity contribution < 1.29 is 19.1 Å². The molecule has 32 heavy (non-hydrogen) atoms. The van der Waals surface area contributed by atoms with Crippen molar-refractivity contribution in [3.63, 3.8) is 0 Å². The smallest absolute Gasteiger partial charge is 0.257 e. The zero-order valence-electron chi connectivity index (χ0n) is 17.8. The van der Waals surface area contributed by atoms with Gasteiger partial charge in [-0.05, 0) is 36.6 Å². The highest BCUT2D eigenvalue weighted by atomic mass is 32.1. The van der Waals surface area contributed by atoms with Gasteiger partial charge in [0.25, 0.3) is 5.91 Å². The second kappa shape index (κ2) is 10.4. The number of hydrogen-bond donors (Lipinski definition) is 2. The normalized spacial score (nSPS) is 15.3. The SMILES string of the molecule is CC(=O)NCc1ccc(-c2csc(NC(=O)c3cccc(OCC4CCCO4)c3)n2)cc1. The van der Waals surface area contributed by atoms with E-state index < -0.39 is 0 Å². The van der Waals surface area contributed by atoms with Crippen LogP contribution < -0.4 is 15.4 Å². The van der Waals surface area contributed by atoms with Gasteiger partial charge in [-0.3, -0.25) is 14.9 Å². The number of benzene rings is 2. The van der Waals surface area contributed by atoms with Crippen molar-refractivity contribution in [1.29, 1.82) is 0 Å². The molecule has 3 aromatic rings. The van der Waals surface area contributed by atoms with Crippen LogP contribution in [0.25, 0.3) is 11.3 Å². The third kappa shape index (κ3) is 5.93. The zero-order chi connectivity index (χ0) is 22.3. The van der Waals surface area contributed by atoms with Gasteiger partial charge in [0.2, 0.25) is 5.91 Å². The molecule has 1 aliphatic rings. The van der Waals surface area contributed by atoms with Gasteiger partial charge >= 0.3 is 0 Å². The minimum Gasteiger partial charge on any atom is -0.491 e. The minimum absolute atomic E-state index is 0.0612. The van der Waals surface area contributed by atoms with Crippen molar-refractivity contribution in [2.24, 2.45) is 0 Å². The van der Waals surface area contributed by atoms with Gasteiger partial charge in [0.15, 0.2) is 5.13 Å². The molecular formula is C24H25N3O4S. The molecule has 1 saturated heterocycles. The maximum absolute atomic E-state index is 12.7. The summed E-state index contributed by atoms with van der Waals surface area (Å²) < 4.78 is 11.4. The summed E-state index contributed by atoms with van der Waals surface area (Å²) in [5, 5.41) is 8.06. The molecule has 1 aliphatic heterocycles. The van der Waals surface area contributed by atoms with Crippen molar-refractivity contribution in [3.8, 4) is 17.0 Å². The van der Waals surface area contributed by atoms with E-state index in [1.807, 2.05) is 35.7 Å². The Balaban J connectivity index is 1.35. The molecule has 0 radical (unpaired) electrons. The molecule has 2 N–H and O–H groups in total. The quantitative estimate of drug-likeness (QED) is 0.534. The number of nitrogens with one attached hydrogen (secondary N) is 2. The summed E-state index contributed by atoms with van der Waals surface area (Å²) in [6.45, 7) is 3.26. The van der Waals surface area contributed by atoms with Crippen LogP contribution in [0.1, 0.15) is 35.7 Å². The number of nitrogens with zero attached hydrogens (tertiary/aromatic N) is 1. The molecule has 0 saturated carbocycles. The van der Waals surface area contributed by atoms with Crippen LogP contribution in [-0.4, -0.2) is 36.1 Å². The van der Waals surface area contributed by atoms with E-state index in [9.17, 15) is 9.59 Å². The fraction of sp³-hybridized carbons (Fsp3) is 0.292. The number of carbonyl (C=O) groups is 2. The lowest BCUT2D eigenvalue weighted by Gasteiger charge is -2.12. The molecule has 2 heterocycles. The van der Waals surface area contributed by atoms with Gasteiger partial charge in [0, 0.05) is 36.6 Å². The van der Waals surface area contributed by atoms with Crippen molar-refractivity contribution >= 4 is 28.3 Å². The first-order chi connectivity index (χ1) is 15.6. The van der Waals surface area contributed by atoms with Crippen LogP contribution in [0.4, 0.5) is 5.13 Å². The van der Waals surface area contributed by atoms with Crippen LogP contribution in [0.3, 0.4) is 0 Å². The summed E-state index contributed by atoms with van der Waals surface area (Å²) in [6.07, 6.45) is 2.19. The summed E-state index contributed by atoms with van der Waals surface area (Å²) >= 11 is 1.37. The van der Waals surface area contributed by atoms with E-state index in [0.29, 0.717) is 29.6 Å². The molecule has 1 aromatic heterocycles. The second-order valence-electron chi connectivity index (χ2n) is 7.57. The highest BCUT2D eigenvalue weighted by molar-refractivity contribution is 7.14. The first kappa shape index (κ1) is 22.0. The Labute approximate surface area is 190 Å². The lowest BCUT2D eigenvalue weighted by molar-refractivity contribution is -0.119. The number of anilines is 1. The van der Waals surface area contributed by atoms with E-state index in [-0.39, 0.29) is 17.9 Å². The third-order valence-corrected chi connectivity index (χ3v) is 5.83. The summed E-state index contributed by atoms with van der Waals surface area (Å²) in [5.74, 6) is 0.348. The molecule has 7 nitrogen and oxygen atoms in total. The van der Waals surface area contributed by atoms with Gasteiger partial charge < -0.3 is 14.8 Å². The number of ether oxygens (including phenoxy) is 2. The Morgan fingerprint density at radius 1 is 1.22 bits per heavy atom. The Bertz CT molecular complexity index is 1070. The van der Waals surface area contributed by atoms with Crippen LogP contribution in [0.15, 0.2) is 53.9 Å². The van der Waals surface area contributed by atoms with E-state index in [1.54, 1.807) is 18.2 Å². The molecule has 0 spiro atoms. The topological polar surface area (TPSA) is 89.6 Å². The summed E-state index contributed by atoms with van der Waals surface area (Å²) in [4.78, 5) is 28.3. The lowest BCUT2D eigenvalue weighted by atomic mass is 10.1. The predicted molar refractivity (Wildman–Crippen MR) is 124 cm³/mol. The Hall–Kier alpha value is -3.23. The van der Waals surface area contributed by atoms with Crippen LogP contribution in [0.2, 0.25) is 0 Å². The maximum atomic E-state index is 12.7. The standard InChI is InChI=1S/C24H25N3O4S/c1-16(28)25-13-17-7-9-18(10-8-17)22-15-32-24(26-22)27-23(29)19-4-2-5-20(12-19)31-14-21-6-3-11-30-21/h2,4-5,7-10,12,15,21H,3,6,11,13-14H2,1H3,(H,25,28)(H,26,27,29). The number of aromatic nitrogens is 1. The van der Waals surface area contributed by atoms with Crippen molar-refractivity contribution in [1.82, 2.24) is 10.3 Å². The molecule has 1 atom stereocenters. The van der Waals surface area contributed by atoms with Crippen molar-refractivity contribution in [2.45, 2.75) is 32.4 Å². The number of amides is 2. The third-order valence-electron chi connectivity index (χ3n) is 5.07. The zero-order valence-corrected chi connectivity index (χ0v) is 18.6. The molecule has 1 fully saturated rings. The largest absolute Gasteiger partial charge is 0.491 e. The summed E-state index contributed by atoms with van der Waals surface area (Å²) in [7, 11) is 0. The van der Waals surface area contributed by atoms with Gasteiger partial charge in [-0.2, -0.15) is 0 Å². The molecule has 2 amide bonds. The van der Waals surface area contributed by atoms with Gasteiger partial charge in [-0.25, -0.2) is 4.98 Å². The van der Waals surface area contributed by atoms with Crippen LogP contribution >= 0.6 is 11.3 Å². The molecule has 1 unspecified atom stereocenters. The van der Waals surface area contributed by atoms with Crippen LogP contribution in [-0.2, 0) is 16.1 Å². The van der Waals surface area contributed by atoms with Crippen LogP contribution in [0, 0.1) is 0 Å². The number of thiazole rings is 1. The number of rotatable bonds is 8. The molecule has 0 bridgehead atoms. The van der Waals surface area contributed by atoms with E-state index in [4.69, 9.17) is 9.47 Å². The van der Waals surface area contributed by atoms with Gasteiger partial charge in [0.1, 0.15) is 12.4 Å². The number of carbonyl (C=O) groups excluding carboxylic acids is 2. The fourth-order valence-electron chi connectivity index (χ4n) is 3.34. The summed E-state index contributed by atoms with van der Waals surface area (Å²) in [6, 6.07) is 14.9. The maximum Gasteiger partial charge on any atom is 0.257 e. The lowest BCUT2D eigenvalue weighted by Crippen LogP contribution is -2.18. The van der Waals surface area contributed by atoms with Gasteiger partial charge in [-0.15, -0.1) is 11.3 Å². The minimum atomic E-state index is -0.237. The first-order valence-electron chi connectivity index (χ1n) is 10.5. The Morgan fingerprint density at radius 3 is 2.81 bits per heavy atom. The van der Waals surface area contributed by atoms with Crippen molar-refractivity contribution in [3.05, 3.63) is 65.0 Å². The molecule has 4 rings (SSSR count). The van der Waals surface area contributed by atoms with E-state index in [2.05, 4.69) is 15.6 Å². The van der Waals surface area contributed by atoms with Crippen LogP contribution in [0.5, 0.6) is 5.75 Å². The highest BCUT2D eigenvalue weighted by Gasteiger charge is 2.16. The monoisotopic (exact) mass is 451 g/mol. The predicted octanol–water partition coefficient (Wildman–Crippen LogP) is 4.26. The highest BCUT2D eigenvalue weighted by Crippen LogP contribution is 2.26. The summed E-state index contributed by atoms with van der Waals surface area (Å²) in [5.41, 5.74) is 3.24. The fourth-order valence-corrected chi connectivity index (χ4v) is 4.06. The van der Waals surface area contributed by atoms with E-state index in [1.165, 1.54) is 18.3 Å². The number of hydrogen-bond acceptors (Lipinski definition) is 6.